The van der Waals surface area contributed by atoms with Crippen LogP contribution in [0.25, 0.3) is 0 Å². The van der Waals surface area contributed by atoms with Gasteiger partial charge in [-0.05, 0) is 31.2 Å². The third kappa shape index (κ3) is 2.18. The fourth-order valence-corrected chi connectivity index (χ4v) is 4.30. The molecule has 1 spiro atoms. The predicted molar refractivity (Wildman–Crippen MR) is 79.6 cm³/mol. The average molecular weight is 294 g/mol. The van der Waals surface area contributed by atoms with E-state index in [1.807, 2.05) is 11.0 Å². The van der Waals surface area contributed by atoms with Crippen LogP contribution >= 0.6 is 11.3 Å². The highest BCUT2D eigenvalue weighted by Gasteiger charge is 2.53. The Labute approximate surface area is 124 Å². The smallest absolute Gasteiger partial charge is 0.244 e. The summed E-state index contributed by atoms with van der Waals surface area (Å²) in [4.78, 5) is 16.2. The third-order valence-electron chi connectivity index (χ3n) is 4.49. The molecule has 20 heavy (non-hydrogen) atoms. The number of amides is 1. The summed E-state index contributed by atoms with van der Waals surface area (Å²) in [5.74, 6) is 0.262. The molecule has 2 fully saturated rings. The van der Waals surface area contributed by atoms with Gasteiger partial charge in [0.25, 0.3) is 0 Å². The van der Waals surface area contributed by atoms with E-state index in [9.17, 15) is 4.79 Å². The second-order valence-corrected chi connectivity index (χ2v) is 6.85. The van der Waals surface area contributed by atoms with Crippen molar-refractivity contribution in [3.63, 3.8) is 0 Å². The SMILES string of the molecule is COCC(C)N1C(=O)C2(CCCC2)NC1c1cccs1. The molecule has 1 aromatic rings. The highest BCUT2D eigenvalue weighted by molar-refractivity contribution is 7.10. The Bertz CT molecular complexity index is 468. The van der Waals surface area contributed by atoms with Gasteiger partial charge in [-0.15, -0.1) is 11.3 Å². The second-order valence-electron chi connectivity index (χ2n) is 5.87. The van der Waals surface area contributed by atoms with Crippen LogP contribution in [-0.4, -0.2) is 36.1 Å². The number of carbonyl (C=O) groups is 1. The molecule has 1 aliphatic heterocycles. The molecule has 2 heterocycles. The van der Waals surface area contributed by atoms with Crippen molar-refractivity contribution in [2.75, 3.05) is 13.7 Å². The van der Waals surface area contributed by atoms with E-state index in [1.54, 1.807) is 18.4 Å². The molecule has 0 aromatic carbocycles. The highest BCUT2D eigenvalue weighted by Crippen LogP contribution is 2.42. The summed E-state index contributed by atoms with van der Waals surface area (Å²) >= 11 is 1.71. The van der Waals surface area contributed by atoms with Crippen LogP contribution in [0.1, 0.15) is 43.6 Å². The van der Waals surface area contributed by atoms with Crippen LogP contribution in [-0.2, 0) is 9.53 Å². The van der Waals surface area contributed by atoms with Crippen LogP contribution in [0.5, 0.6) is 0 Å². The zero-order valence-electron chi connectivity index (χ0n) is 12.1. The first-order valence-electron chi connectivity index (χ1n) is 7.31. The van der Waals surface area contributed by atoms with E-state index in [0.29, 0.717) is 6.61 Å². The second kappa shape index (κ2) is 5.47. The lowest BCUT2D eigenvalue weighted by molar-refractivity contribution is -0.136. The van der Waals surface area contributed by atoms with E-state index in [-0.39, 0.29) is 23.7 Å². The minimum absolute atomic E-state index is 0.00532. The van der Waals surface area contributed by atoms with Gasteiger partial charge in [0, 0.05) is 12.0 Å². The summed E-state index contributed by atoms with van der Waals surface area (Å²) in [5, 5.41) is 5.71. The summed E-state index contributed by atoms with van der Waals surface area (Å²) < 4.78 is 5.26. The maximum atomic E-state index is 13.0. The molecule has 0 bridgehead atoms. The monoisotopic (exact) mass is 294 g/mol. The molecule has 1 amide bonds. The molecular weight excluding hydrogens is 272 g/mol. The van der Waals surface area contributed by atoms with Crippen LogP contribution in [0.15, 0.2) is 17.5 Å². The number of methoxy groups -OCH3 is 1. The average Bonchev–Trinajstić information content (AvgIpc) is 3.14. The zero-order valence-corrected chi connectivity index (χ0v) is 12.9. The van der Waals surface area contributed by atoms with Gasteiger partial charge in [-0.2, -0.15) is 0 Å². The van der Waals surface area contributed by atoms with Crippen LogP contribution in [0.2, 0.25) is 0 Å². The molecule has 1 saturated heterocycles. The van der Waals surface area contributed by atoms with E-state index in [4.69, 9.17) is 4.74 Å². The summed E-state index contributed by atoms with van der Waals surface area (Å²) in [5.41, 5.74) is -0.323. The number of carbonyl (C=O) groups excluding carboxylic acids is 1. The lowest BCUT2D eigenvalue weighted by atomic mass is 9.98. The minimum atomic E-state index is -0.323. The standard InChI is InChI=1S/C15H22N2O2S/c1-11(10-19-2)17-13(12-6-5-9-20-12)16-15(14(17)18)7-3-4-8-15/h5-6,9,11,13,16H,3-4,7-8,10H2,1-2H3. The number of hydrogen-bond donors (Lipinski definition) is 1. The van der Waals surface area contributed by atoms with Gasteiger partial charge in [0.2, 0.25) is 5.91 Å². The van der Waals surface area contributed by atoms with Crippen molar-refractivity contribution in [1.29, 1.82) is 0 Å². The molecule has 1 N–H and O–H groups in total. The predicted octanol–water partition coefficient (Wildman–Crippen LogP) is 2.53. The Hall–Kier alpha value is -0.910. The maximum absolute atomic E-state index is 13.0. The van der Waals surface area contributed by atoms with Gasteiger partial charge >= 0.3 is 0 Å². The number of ether oxygens (including phenoxy) is 1. The minimum Gasteiger partial charge on any atom is -0.383 e. The molecule has 110 valence electrons. The Morgan fingerprint density at radius 3 is 2.90 bits per heavy atom. The lowest BCUT2D eigenvalue weighted by Crippen LogP contribution is -2.45. The van der Waals surface area contributed by atoms with E-state index in [2.05, 4.69) is 23.7 Å². The number of nitrogens with zero attached hydrogens (tertiary/aromatic N) is 1. The molecule has 1 aromatic heterocycles. The quantitative estimate of drug-likeness (QED) is 0.928. The number of thiophene rings is 1. The van der Waals surface area contributed by atoms with Gasteiger partial charge in [0.15, 0.2) is 0 Å². The summed E-state index contributed by atoms with van der Waals surface area (Å²) in [6.45, 7) is 2.64. The van der Waals surface area contributed by atoms with Crippen LogP contribution in [0, 0.1) is 0 Å². The molecule has 5 heteroatoms. The zero-order chi connectivity index (χ0) is 14.2. The molecule has 0 radical (unpaired) electrons. The van der Waals surface area contributed by atoms with Crippen LogP contribution in [0.4, 0.5) is 0 Å². The number of rotatable bonds is 4. The molecule has 1 saturated carbocycles. The van der Waals surface area contributed by atoms with Crippen molar-refractivity contribution in [3.05, 3.63) is 22.4 Å². The van der Waals surface area contributed by atoms with Gasteiger partial charge in [0.1, 0.15) is 6.17 Å². The number of hydrogen-bond acceptors (Lipinski definition) is 4. The maximum Gasteiger partial charge on any atom is 0.244 e. The van der Waals surface area contributed by atoms with Gasteiger partial charge in [0.05, 0.1) is 18.2 Å². The van der Waals surface area contributed by atoms with E-state index < -0.39 is 0 Å². The van der Waals surface area contributed by atoms with Crippen molar-refractivity contribution >= 4 is 17.2 Å². The van der Waals surface area contributed by atoms with Gasteiger partial charge < -0.3 is 9.64 Å². The summed E-state index contributed by atoms with van der Waals surface area (Å²) in [6, 6.07) is 4.24. The van der Waals surface area contributed by atoms with Crippen molar-refractivity contribution in [3.8, 4) is 0 Å². The Kier molecular flexibility index (Phi) is 3.84. The Morgan fingerprint density at radius 1 is 1.55 bits per heavy atom. The van der Waals surface area contributed by atoms with Gasteiger partial charge in [-0.3, -0.25) is 10.1 Å². The van der Waals surface area contributed by atoms with Crippen molar-refractivity contribution in [2.45, 2.75) is 50.4 Å². The molecule has 2 aliphatic rings. The third-order valence-corrected chi connectivity index (χ3v) is 5.41. The van der Waals surface area contributed by atoms with E-state index in [0.717, 1.165) is 25.7 Å². The fraction of sp³-hybridized carbons (Fsp3) is 0.667. The Morgan fingerprint density at radius 2 is 2.30 bits per heavy atom. The van der Waals surface area contributed by atoms with Crippen molar-refractivity contribution < 1.29 is 9.53 Å². The van der Waals surface area contributed by atoms with Crippen molar-refractivity contribution in [2.24, 2.45) is 0 Å². The first-order valence-corrected chi connectivity index (χ1v) is 8.19. The molecule has 2 atom stereocenters. The summed E-state index contributed by atoms with van der Waals surface area (Å²) in [6.07, 6.45) is 4.21. The normalized spacial score (nSPS) is 26.6. The van der Waals surface area contributed by atoms with Gasteiger partial charge in [-0.25, -0.2) is 0 Å². The molecule has 3 rings (SSSR count). The Balaban J connectivity index is 1.92. The highest BCUT2D eigenvalue weighted by atomic mass is 32.1. The van der Waals surface area contributed by atoms with E-state index >= 15 is 0 Å². The van der Waals surface area contributed by atoms with Gasteiger partial charge in [-0.1, -0.05) is 18.9 Å². The van der Waals surface area contributed by atoms with Crippen LogP contribution in [0.3, 0.4) is 0 Å². The molecule has 4 nitrogen and oxygen atoms in total. The first kappa shape index (κ1) is 14.0. The molecule has 1 aliphatic carbocycles. The molecule has 2 unspecified atom stereocenters. The number of nitrogens with one attached hydrogen (secondary N) is 1. The van der Waals surface area contributed by atoms with Crippen molar-refractivity contribution in [1.82, 2.24) is 10.2 Å². The molecular formula is C15H22N2O2S. The topological polar surface area (TPSA) is 41.6 Å². The first-order chi connectivity index (χ1) is 9.68. The fourth-order valence-electron chi connectivity index (χ4n) is 3.53. The summed E-state index contributed by atoms with van der Waals surface area (Å²) in [7, 11) is 1.69. The van der Waals surface area contributed by atoms with E-state index in [1.165, 1.54) is 4.88 Å². The lowest BCUT2D eigenvalue weighted by Gasteiger charge is -2.29. The van der Waals surface area contributed by atoms with Crippen LogP contribution < -0.4 is 5.32 Å². The largest absolute Gasteiger partial charge is 0.383 e.